The van der Waals surface area contributed by atoms with Gasteiger partial charge in [-0.1, -0.05) is 6.92 Å². The molecular formula is C15H21NO2S. The minimum Gasteiger partial charge on any atom is -0.493 e. The zero-order valence-corrected chi connectivity index (χ0v) is 13.1. The average Bonchev–Trinajstić information content (AvgIpc) is 2.36. The summed E-state index contributed by atoms with van der Waals surface area (Å²) in [5.41, 5.74) is 2.42. The van der Waals surface area contributed by atoms with E-state index in [1.807, 2.05) is 6.07 Å². The molecule has 0 atom stereocenters. The summed E-state index contributed by atoms with van der Waals surface area (Å²) in [7, 11) is 3.34. The van der Waals surface area contributed by atoms with Gasteiger partial charge in [0.1, 0.15) is 0 Å². The first-order valence-corrected chi connectivity index (χ1v) is 7.47. The average molecular weight is 279 g/mol. The predicted molar refractivity (Wildman–Crippen MR) is 82.0 cm³/mol. The first kappa shape index (κ1) is 14.3. The van der Waals surface area contributed by atoms with Crippen LogP contribution in [0.15, 0.2) is 17.1 Å². The number of benzene rings is 1. The molecule has 0 unspecified atom stereocenters. The Balaban J connectivity index is 2.55. The maximum atomic E-state index is 5.39. The highest BCUT2D eigenvalue weighted by Gasteiger charge is 2.28. The van der Waals surface area contributed by atoms with Gasteiger partial charge in [0.2, 0.25) is 0 Å². The molecular weight excluding hydrogens is 258 g/mol. The van der Waals surface area contributed by atoms with E-state index in [2.05, 4.69) is 26.8 Å². The predicted octanol–water partition coefficient (Wildman–Crippen LogP) is 3.54. The number of nitrogens with zero attached hydrogens (tertiary/aromatic N) is 1. The molecule has 1 heterocycles. The molecule has 0 amide bonds. The molecule has 1 aromatic rings. The van der Waals surface area contributed by atoms with Gasteiger partial charge in [0.15, 0.2) is 11.5 Å². The Morgan fingerprint density at radius 2 is 1.84 bits per heavy atom. The van der Waals surface area contributed by atoms with Gasteiger partial charge in [-0.25, -0.2) is 0 Å². The van der Waals surface area contributed by atoms with Crippen LogP contribution in [0, 0.1) is 0 Å². The lowest BCUT2D eigenvalue weighted by atomic mass is 9.89. The van der Waals surface area contributed by atoms with Crippen LogP contribution in [-0.4, -0.2) is 30.6 Å². The second kappa shape index (κ2) is 5.45. The van der Waals surface area contributed by atoms with Crippen LogP contribution < -0.4 is 9.47 Å². The highest BCUT2D eigenvalue weighted by molar-refractivity contribution is 8.14. The van der Waals surface area contributed by atoms with Crippen molar-refractivity contribution in [2.24, 2.45) is 4.99 Å². The molecule has 0 aliphatic carbocycles. The number of thioether (sulfide) groups is 1. The summed E-state index contributed by atoms with van der Waals surface area (Å²) in [5, 5.41) is 1.11. The summed E-state index contributed by atoms with van der Waals surface area (Å²) in [6.07, 6.45) is 0.927. The van der Waals surface area contributed by atoms with E-state index in [0.29, 0.717) is 0 Å². The number of rotatable bonds is 3. The van der Waals surface area contributed by atoms with Gasteiger partial charge in [-0.3, -0.25) is 4.99 Å². The monoisotopic (exact) mass is 279 g/mol. The van der Waals surface area contributed by atoms with Crippen LogP contribution in [0.1, 0.15) is 31.9 Å². The first-order valence-electron chi connectivity index (χ1n) is 6.48. The van der Waals surface area contributed by atoms with Gasteiger partial charge in [0.05, 0.1) is 24.8 Å². The van der Waals surface area contributed by atoms with Crippen LogP contribution >= 0.6 is 11.8 Å². The summed E-state index contributed by atoms with van der Waals surface area (Å²) >= 11 is 1.78. The fourth-order valence-electron chi connectivity index (χ4n) is 2.35. The molecule has 0 spiro atoms. The van der Waals surface area contributed by atoms with E-state index in [-0.39, 0.29) is 5.54 Å². The van der Waals surface area contributed by atoms with E-state index in [1.165, 1.54) is 11.1 Å². The van der Waals surface area contributed by atoms with Crippen molar-refractivity contribution in [3.63, 3.8) is 0 Å². The molecule has 19 heavy (non-hydrogen) atoms. The second-order valence-corrected chi connectivity index (χ2v) is 6.46. The van der Waals surface area contributed by atoms with Gasteiger partial charge >= 0.3 is 0 Å². The van der Waals surface area contributed by atoms with Gasteiger partial charge in [-0.05, 0) is 43.7 Å². The third kappa shape index (κ3) is 2.89. The molecule has 2 rings (SSSR count). The summed E-state index contributed by atoms with van der Waals surface area (Å²) < 4.78 is 10.8. The summed E-state index contributed by atoms with van der Waals surface area (Å²) in [6.45, 7) is 6.49. The van der Waals surface area contributed by atoms with Crippen LogP contribution in [0.25, 0.3) is 0 Å². The van der Waals surface area contributed by atoms with E-state index in [1.54, 1.807) is 26.0 Å². The molecule has 3 nitrogen and oxygen atoms in total. The van der Waals surface area contributed by atoms with Crippen molar-refractivity contribution in [3.8, 4) is 11.5 Å². The SMILES string of the molecule is CCSC1=NC(C)(C)Cc2cc(OC)c(OC)cc21. The highest BCUT2D eigenvalue weighted by atomic mass is 32.2. The second-order valence-electron chi connectivity index (χ2n) is 5.20. The van der Waals surface area contributed by atoms with Crippen molar-refractivity contribution in [3.05, 3.63) is 23.3 Å². The zero-order chi connectivity index (χ0) is 14.0. The van der Waals surface area contributed by atoms with Crippen molar-refractivity contribution in [2.45, 2.75) is 32.7 Å². The summed E-state index contributed by atoms with van der Waals surface area (Å²) in [6, 6.07) is 4.13. The Bertz CT molecular complexity index is 509. The quantitative estimate of drug-likeness (QED) is 0.848. The van der Waals surface area contributed by atoms with E-state index < -0.39 is 0 Å². The van der Waals surface area contributed by atoms with Crippen LogP contribution in [0.4, 0.5) is 0 Å². The molecule has 1 aliphatic rings. The van der Waals surface area contributed by atoms with Gasteiger partial charge in [0, 0.05) is 5.56 Å². The molecule has 0 saturated heterocycles. The van der Waals surface area contributed by atoms with Crippen LogP contribution in [0.5, 0.6) is 11.5 Å². The molecule has 0 radical (unpaired) electrons. The van der Waals surface area contributed by atoms with Crippen molar-refractivity contribution in [1.82, 2.24) is 0 Å². The van der Waals surface area contributed by atoms with E-state index in [9.17, 15) is 0 Å². The fraction of sp³-hybridized carbons (Fsp3) is 0.533. The van der Waals surface area contributed by atoms with Crippen LogP contribution in [0.3, 0.4) is 0 Å². The Hall–Kier alpha value is -1.16. The molecule has 104 valence electrons. The van der Waals surface area contributed by atoms with Gasteiger partial charge in [0.25, 0.3) is 0 Å². The largest absolute Gasteiger partial charge is 0.493 e. The standard InChI is InChI=1S/C15H21NO2S/c1-6-19-14-11-8-13(18-5)12(17-4)7-10(11)9-15(2,3)16-14/h7-8H,6,9H2,1-5H3. The molecule has 4 heteroatoms. The van der Waals surface area contributed by atoms with Gasteiger partial charge in [-0.2, -0.15) is 0 Å². The molecule has 0 saturated carbocycles. The van der Waals surface area contributed by atoms with Crippen LogP contribution in [-0.2, 0) is 6.42 Å². The Morgan fingerprint density at radius 3 is 2.42 bits per heavy atom. The van der Waals surface area contributed by atoms with Crippen molar-refractivity contribution >= 4 is 16.8 Å². The van der Waals surface area contributed by atoms with Gasteiger partial charge in [-0.15, -0.1) is 11.8 Å². The minimum atomic E-state index is -0.0515. The lowest BCUT2D eigenvalue weighted by molar-refractivity contribution is 0.354. The minimum absolute atomic E-state index is 0.0515. The number of aliphatic imine (C=N–C) groups is 1. The summed E-state index contributed by atoms with van der Waals surface area (Å²) in [5.74, 6) is 2.58. The molecule has 0 N–H and O–H groups in total. The summed E-state index contributed by atoms with van der Waals surface area (Å²) in [4.78, 5) is 4.86. The van der Waals surface area contributed by atoms with Crippen molar-refractivity contribution in [1.29, 1.82) is 0 Å². The van der Waals surface area contributed by atoms with E-state index in [4.69, 9.17) is 14.5 Å². The fourth-order valence-corrected chi connectivity index (χ4v) is 3.28. The van der Waals surface area contributed by atoms with E-state index >= 15 is 0 Å². The third-order valence-corrected chi connectivity index (χ3v) is 4.02. The van der Waals surface area contributed by atoms with E-state index in [0.717, 1.165) is 28.7 Å². The zero-order valence-electron chi connectivity index (χ0n) is 12.2. The first-order chi connectivity index (χ1) is 9.00. The normalized spacial score (nSPS) is 16.6. The van der Waals surface area contributed by atoms with Gasteiger partial charge < -0.3 is 9.47 Å². The maximum Gasteiger partial charge on any atom is 0.161 e. The molecule has 1 aromatic carbocycles. The molecule has 0 aromatic heterocycles. The molecule has 0 bridgehead atoms. The van der Waals surface area contributed by atoms with Crippen LogP contribution in [0.2, 0.25) is 0 Å². The number of fused-ring (bicyclic) bond motifs is 1. The topological polar surface area (TPSA) is 30.8 Å². The Kier molecular flexibility index (Phi) is 4.09. The Morgan fingerprint density at radius 1 is 1.21 bits per heavy atom. The smallest absolute Gasteiger partial charge is 0.161 e. The number of ether oxygens (including phenoxy) is 2. The number of hydrogen-bond acceptors (Lipinski definition) is 4. The van der Waals surface area contributed by atoms with Crippen molar-refractivity contribution < 1.29 is 9.47 Å². The maximum absolute atomic E-state index is 5.39. The lowest BCUT2D eigenvalue weighted by Crippen LogP contribution is -2.28. The Labute approximate surface area is 119 Å². The molecule has 1 aliphatic heterocycles. The number of hydrogen-bond donors (Lipinski definition) is 0. The highest BCUT2D eigenvalue weighted by Crippen LogP contribution is 2.37. The van der Waals surface area contributed by atoms with Crippen molar-refractivity contribution in [2.75, 3.05) is 20.0 Å². The lowest BCUT2D eigenvalue weighted by Gasteiger charge is -2.29. The third-order valence-electron chi connectivity index (χ3n) is 3.15. The number of methoxy groups -OCH3 is 2. The molecule has 0 fully saturated rings.